The van der Waals surface area contributed by atoms with Gasteiger partial charge in [0.2, 0.25) is 5.91 Å². The molecule has 1 aromatic carbocycles. The normalized spacial score (nSPS) is 18.0. The van der Waals surface area contributed by atoms with E-state index >= 15 is 0 Å². The number of likely N-dealkylation sites (tertiary alicyclic amines) is 2. The first-order chi connectivity index (χ1) is 16.8. The third-order valence-corrected chi connectivity index (χ3v) is 7.92. The average molecular weight is 519 g/mol. The molecular weight excluding hydrogens is 487 g/mol. The topological polar surface area (TPSA) is 104 Å². The minimum atomic E-state index is -0.187. The van der Waals surface area contributed by atoms with Crippen LogP contribution in [0.3, 0.4) is 0 Å². The van der Waals surface area contributed by atoms with Crippen molar-refractivity contribution in [2.45, 2.75) is 45.1 Å². The summed E-state index contributed by atoms with van der Waals surface area (Å²) in [6.45, 7) is 5.71. The van der Waals surface area contributed by atoms with Crippen molar-refractivity contribution in [3.05, 3.63) is 51.4 Å². The summed E-state index contributed by atoms with van der Waals surface area (Å²) in [7, 11) is 0. The molecule has 4 rings (SSSR count). The van der Waals surface area contributed by atoms with Crippen LogP contribution in [0.25, 0.3) is 0 Å². The van der Waals surface area contributed by atoms with Gasteiger partial charge in [0.15, 0.2) is 0 Å². The van der Waals surface area contributed by atoms with Gasteiger partial charge in [-0.2, -0.15) is 0 Å². The van der Waals surface area contributed by atoms with E-state index in [2.05, 4.69) is 20.2 Å². The maximum absolute atomic E-state index is 13.3. The summed E-state index contributed by atoms with van der Waals surface area (Å²) in [4.78, 5) is 37.7. The van der Waals surface area contributed by atoms with Crippen LogP contribution in [0, 0.1) is 12.8 Å². The largest absolute Gasteiger partial charge is 0.369 e. The molecular formula is C25H32Cl2N6O2. The van der Waals surface area contributed by atoms with Crippen LogP contribution in [0.2, 0.25) is 10.0 Å². The molecule has 0 bridgehead atoms. The second-order valence-electron chi connectivity index (χ2n) is 9.36. The van der Waals surface area contributed by atoms with Crippen LogP contribution in [0.4, 0.5) is 5.82 Å². The van der Waals surface area contributed by atoms with Crippen molar-refractivity contribution < 1.29 is 9.59 Å². The Hall–Kier alpha value is -2.42. The number of primary amides is 1. The van der Waals surface area contributed by atoms with Gasteiger partial charge in [-0.25, -0.2) is 9.97 Å². The summed E-state index contributed by atoms with van der Waals surface area (Å²) < 4.78 is 0. The zero-order valence-electron chi connectivity index (χ0n) is 20.0. The Morgan fingerprint density at radius 1 is 1.06 bits per heavy atom. The molecule has 2 aliphatic rings. The summed E-state index contributed by atoms with van der Waals surface area (Å²) in [5.74, 6) is 0.424. The Morgan fingerprint density at radius 3 is 2.43 bits per heavy atom. The third kappa shape index (κ3) is 6.23. The number of aromatic nitrogens is 2. The molecule has 2 aromatic rings. The number of amides is 2. The van der Waals surface area contributed by atoms with Gasteiger partial charge in [0.1, 0.15) is 17.8 Å². The Kier molecular flexibility index (Phi) is 8.46. The highest BCUT2D eigenvalue weighted by atomic mass is 35.5. The number of carbonyl (C=O) groups excluding carboxylic acids is 2. The molecule has 2 fully saturated rings. The molecule has 0 radical (unpaired) electrons. The van der Waals surface area contributed by atoms with E-state index < -0.39 is 0 Å². The van der Waals surface area contributed by atoms with E-state index in [0.717, 1.165) is 56.3 Å². The van der Waals surface area contributed by atoms with Gasteiger partial charge in [-0.1, -0.05) is 29.3 Å². The predicted molar refractivity (Wildman–Crippen MR) is 138 cm³/mol. The Labute approximate surface area is 216 Å². The maximum Gasteiger partial charge on any atom is 0.272 e. The van der Waals surface area contributed by atoms with E-state index in [1.807, 2.05) is 24.0 Å². The monoisotopic (exact) mass is 518 g/mol. The number of halogens is 2. The molecule has 0 atom stereocenters. The molecule has 8 nitrogen and oxygen atoms in total. The number of nitrogens with two attached hydrogens (primary N) is 1. The number of carbonyl (C=O) groups is 2. The summed E-state index contributed by atoms with van der Waals surface area (Å²) in [5, 5.41) is 4.39. The Bertz CT molecular complexity index is 1070. The van der Waals surface area contributed by atoms with Crippen LogP contribution < -0.4 is 11.1 Å². The van der Waals surface area contributed by atoms with E-state index in [-0.39, 0.29) is 17.7 Å². The number of nitrogens with one attached hydrogen (secondary N) is 1. The molecule has 10 heteroatoms. The van der Waals surface area contributed by atoms with E-state index in [0.29, 0.717) is 47.2 Å². The average Bonchev–Trinajstić information content (AvgIpc) is 2.87. The van der Waals surface area contributed by atoms with Gasteiger partial charge < -0.3 is 20.9 Å². The zero-order chi connectivity index (χ0) is 24.9. The number of hydrogen-bond acceptors (Lipinski definition) is 6. The Balaban J connectivity index is 1.30. The fraction of sp³-hybridized carbons (Fsp3) is 0.520. The molecule has 0 saturated carbocycles. The zero-order valence-corrected chi connectivity index (χ0v) is 21.5. The summed E-state index contributed by atoms with van der Waals surface area (Å²) in [6.07, 6.45) is 5.69. The van der Waals surface area contributed by atoms with Gasteiger partial charge in [0.05, 0.1) is 10.0 Å². The lowest BCUT2D eigenvalue weighted by Gasteiger charge is -2.41. The van der Waals surface area contributed by atoms with Crippen molar-refractivity contribution >= 4 is 40.8 Å². The number of nitrogens with zero attached hydrogens (tertiary/aromatic N) is 4. The van der Waals surface area contributed by atoms with E-state index in [1.165, 1.54) is 6.33 Å². The molecule has 35 heavy (non-hydrogen) atoms. The molecule has 0 aliphatic carbocycles. The van der Waals surface area contributed by atoms with Crippen molar-refractivity contribution in [1.82, 2.24) is 19.8 Å². The molecule has 188 valence electrons. The Morgan fingerprint density at radius 2 is 1.77 bits per heavy atom. The van der Waals surface area contributed by atoms with Crippen LogP contribution in [-0.2, 0) is 11.2 Å². The summed E-state index contributed by atoms with van der Waals surface area (Å²) in [5.41, 5.74) is 7.72. The van der Waals surface area contributed by atoms with Crippen LogP contribution in [-0.4, -0.2) is 70.3 Å². The second kappa shape index (κ2) is 11.5. The van der Waals surface area contributed by atoms with Crippen LogP contribution >= 0.6 is 23.2 Å². The molecule has 1 aromatic heterocycles. The fourth-order valence-corrected chi connectivity index (χ4v) is 5.32. The molecule has 2 amide bonds. The standard InChI is InChI=1S/C25H32Cl2N6O2/c1-16-22(30-15-31-24(16)29-9-4-17-2-3-20(26)21(27)14-17)25(35)33-12-7-19(8-13-33)32-10-5-18(6-11-32)23(28)34/h2-3,14-15,18-19H,4-13H2,1H3,(H2,28,34)(H,29,30,31). The smallest absolute Gasteiger partial charge is 0.272 e. The van der Waals surface area contributed by atoms with Crippen LogP contribution in [0.1, 0.15) is 47.3 Å². The lowest BCUT2D eigenvalue weighted by Crippen LogP contribution is -2.50. The van der Waals surface area contributed by atoms with Gasteiger partial charge in [-0.3, -0.25) is 9.59 Å². The third-order valence-electron chi connectivity index (χ3n) is 7.18. The first-order valence-corrected chi connectivity index (χ1v) is 12.9. The minimum Gasteiger partial charge on any atom is -0.369 e. The first kappa shape index (κ1) is 25.7. The molecule has 3 N–H and O–H groups in total. The van der Waals surface area contributed by atoms with Crippen molar-refractivity contribution in [2.75, 3.05) is 38.0 Å². The van der Waals surface area contributed by atoms with Crippen LogP contribution in [0.15, 0.2) is 24.5 Å². The number of rotatable bonds is 7. The molecule has 0 unspecified atom stereocenters. The summed E-state index contributed by atoms with van der Waals surface area (Å²) >= 11 is 12.1. The summed E-state index contributed by atoms with van der Waals surface area (Å²) in [6, 6.07) is 6.04. The van der Waals surface area contributed by atoms with Crippen LogP contribution in [0.5, 0.6) is 0 Å². The maximum atomic E-state index is 13.3. The van der Waals surface area contributed by atoms with Gasteiger partial charge in [0.25, 0.3) is 5.91 Å². The van der Waals surface area contributed by atoms with Crippen molar-refractivity contribution in [3.8, 4) is 0 Å². The second-order valence-corrected chi connectivity index (χ2v) is 10.2. The minimum absolute atomic E-state index is 0.000419. The van der Waals surface area contributed by atoms with Gasteiger partial charge in [-0.05, 0) is 69.8 Å². The number of piperidine rings is 2. The predicted octanol–water partition coefficient (Wildman–Crippen LogP) is 3.55. The fourth-order valence-electron chi connectivity index (χ4n) is 5.00. The van der Waals surface area contributed by atoms with Crippen molar-refractivity contribution in [3.63, 3.8) is 0 Å². The number of hydrogen-bond donors (Lipinski definition) is 2. The first-order valence-electron chi connectivity index (χ1n) is 12.2. The van der Waals surface area contributed by atoms with Crippen molar-refractivity contribution in [2.24, 2.45) is 11.7 Å². The molecule has 3 heterocycles. The lowest BCUT2D eigenvalue weighted by atomic mass is 9.93. The highest BCUT2D eigenvalue weighted by Gasteiger charge is 2.32. The van der Waals surface area contributed by atoms with E-state index in [4.69, 9.17) is 28.9 Å². The number of anilines is 1. The van der Waals surface area contributed by atoms with Gasteiger partial charge >= 0.3 is 0 Å². The highest BCUT2D eigenvalue weighted by molar-refractivity contribution is 6.42. The van der Waals surface area contributed by atoms with Crippen molar-refractivity contribution in [1.29, 1.82) is 0 Å². The SMILES string of the molecule is Cc1c(NCCc2ccc(Cl)c(Cl)c2)ncnc1C(=O)N1CCC(N2CCC(C(N)=O)CC2)CC1. The van der Waals surface area contributed by atoms with E-state index in [1.54, 1.807) is 6.07 Å². The van der Waals surface area contributed by atoms with Gasteiger partial charge in [-0.15, -0.1) is 0 Å². The quantitative estimate of drug-likeness (QED) is 0.580. The highest BCUT2D eigenvalue weighted by Crippen LogP contribution is 2.26. The molecule has 2 saturated heterocycles. The molecule has 2 aliphatic heterocycles. The number of benzene rings is 1. The molecule has 0 spiro atoms. The van der Waals surface area contributed by atoms with Gasteiger partial charge in [0, 0.05) is 37.2 Å². The lowest BCUT2D eigenvalue weighted by molar-refractivity contribution is -0.123. The van der Waals surface area contributed by atoms with E-state index in [9.17, 15) is 9.59 Å².